The first-order valence-corrected chi connectivity index (χ1v) is 9.76. The average Bonchev–Trinajstić information content (AvgIpc) is 2.61. The molecule has 26 heavy (non-hydrogen) atoms. The van der Waals surface area contributed by atoms with Crippen LogP contribution < -0.4 is 20.1 Å². The van der Waals surface area contributed by atoms with Gasteiger partial charge in [-0.05, 0) is 43.3 Å². The Morgan fingerprint density at radius 3 is 2.35 bits per heavy atom. The van der Waals surface area contributed by atoms with Crippen LogP contribution in [-0.4, -0.2) is 40.6 Å². The average molecular weight is 378 g/mol. The lowest BCUT2D eigenvalue weighted by atomic mass is 10.2. The lowest BCUT2D eigenvalue weighted by Crippen LogP contribution is -3.14. The predicted molar refractivity (Wildman–Crippen MR) is 99.6 cm³/mol. The third-order valence-electron chi connectivity index (χ3n) is 4.09. The molecule has 1 unspecified atom stereocenters. The standard InChI is InChI=1S/C18H23N3O4S/c1-14(21(2)12-13-25-16-6-4-3-5-7-16)18(22)20-15-8-10-17(11-9-15)26(19,23)24/h3-11,14H,12-13H2,1-2H3,(H,20,22)(H2,19,23,24)/p+1/t14-/m1/s1. The molecule has 0 spiro atoms. The molecule has 2 aromatic rings. The summed E-state index contributed by atoms with van der Waals surface area (Å²) in [6.07, 6.45) is 0. The first-order valence-electron chi connectivity index (χ1n) is 8.21. The maximum absolute atomic E-state index is 12.4. The monoisotopic (exact) mass is 378 g/mol. The molecule has 1 amide bonds. The van der Waals surface area contributed by atoms with E-state index in [0.29, 0.717) is 18.8 Å². The summed E-state index contributed by atoms with van der Waals surface area (Å²) in [5.74, 6) is 0.637. The quantitative estimate of drug-likeness (QED) is 0.613. The molecule has 4 N–H and O–H groups in total. The maximum Gasteiger partial charge on any atom is 0.282 e. The normalized spacial score (nSPS) is 13.7. The van der Waals surface area contributed by atoms with E-state index in [9.17, 15) is 13.2 Å². The maximum atomic E-state index is 12.4. The summed E-state index contributed by atoms with van der Waals surface area (Å²) in [5, 5.41) is 7.83. The Balaban J connectivity index is 1.84. The topological polar surface area (TPSA) is 103 Å². The second-order valence-electron chi connectivity index (χ2n) is 6.04. The molecule has 0 aliphatic rings. The molecule has 0 aromatic heterocycles. The number of nitrogens with one attached hydrogen (secondary N) is 2. The van der Waals surface area contributed by atoms with Gasteiger partial charge in [-0.25, -0.2) is 13.6 Å². The molecule has 2 atom stereocenters. The first kappa shape index (κ1) is 19.9. The number of benzene rings is 2. The SMILES string of the molecule is C[C@H](C(=O)Nc1ccc(S(N)(=O)=O)cc1)[NH+](C)CCOc1ccccc1. The number of anilines is 1. The Labute approximate surface area is 153 Å². The lowest BCUT2D eigenvalue weighted by molar-refractivity contribution is -0.894. The molecule has 8 heteroatoms. The lowest BCUT2D eigenvalue weighted by Gasteiger charge is -2.21. The second kappa shape index (κ2) is 8.79. The summed E-state index contributed by atoms with van der Waals surface area (Å²) in [6, 6.07) is 15.0. The summed E-state index contributed by atoms with van der Waals surface area (Å²) >= 11 is 0. The van der Waals surface area contributed by atoms with E-state index in [1.54, 1.807) is 0 Å². The minimum atomic E-state index is -3.74. The molecule has 0 aliphatic heterocycles. The number of ether oxygens (including phenoxy) is 1. The van der Waals surface area contributed by atoms with Gasteiger partial charge in [0, 0.05) is 5.69 Å². The summed E-state index contributed by atoms with van der Waals surface area (Å²) in [5.41, 5.74) is 0.516. The smallest absolute Gasteiger partial charge is 0.282 e. The molecular weight excluding hydrogens is 354 g/mol. The highest BCUT2D eigenvalue weighted by Gasteiger charge is 2.22. The number of quaternary nitrogens is 1. The van der Waals surface area contributed by atoms with Crippen LogP contribution in [-0.2, 0) is 14.8 Å². The molecule has 0 aliphatic carbocycles. The second-order valence-corrected chi connectivity index (χ2v) is 7.60. The zero-order valence-electron chi connectivity index (χ0n) is 14.8. The van der Waals surface area contributed by atoms with Gasteiger partial charge in [-0.15, -0.1) is 0 Å². The molecular formula is C18H24N3O4S+. The summed E-state index contributed by atoms with van der Waals surface area (Å²) < 4.78 is 28.1. The molecule has 2 aromatic carbocycles. The van der Waals surface area contributed by atoms with Crippen LogP contribution in [0.5, 0.6) is 5.75 Å². The molecule has 0 saturated carbocycles. The summed E-state index contributed by atoms with van der Waals surface area (Å²) in [4.78, 5) is 13.4. The van der Waals surface area contributed by atoms with Crippen LogP contribution >= 0.6 is 0 Å². The number of primary sulfonamides is 1. The summed E-state index contributed by atoms with van der Waals surface area (Å²) in [7, 11) is -1.82. The molecule has 140 valence electrons. The van der Waals surface area contributed by atoms with E-state index in [-0.39, 0.29) is 16.8 Å². The van der Waals surface area contributed by atoms with Crippen LogP contribution in [0.4, 0.5) is 5.69 Å². The minimum absolute atomic E-state index is 0.00403. The zero-order valence-corrected chi connectivity index (χ0v) is 15.6. The number of likely N-dealkylation sites (N-methyl/N-ethyl adjacent to an activating group) is 1. The fourth-order valence-electron chi connectivity index (χ4n) is 2.27. The van der Waals surface area contributed by atoms with Crippen LogP contribution in [0.1, 0.15) is 6.92 Å². The summed E-state index contributed by atoms with van der Waals surface area (Å²) in [6.45, 7) is 2.98. The molecule has 0 fully saturated rings. The number of rotatable bonds is 8. The van der Waals surface area contributed by atoms with E-state index < -0.39 is 10.0 Å². The van der Waals surface area contributed by atoms with Crippen LogP contribution in [0, 0.1) is 0 Å². The number of hydrogen-bond acceptors (Lipinski definition) is 4. The van der Waals surface area contributed by atoms with Crippen LogP contribution in [0.2, 0.25) is 0 Å². The van der Waals surface area contributed by atoms with Gasteiger partial charge < -0.3 is 15.0 Å². The van der Waals surface area contributed by atoms with Gasteiger partial charge in [0.05, 0.1) is 11.9 Å². The largest absolute Gasteiger partial charge is 0.488 e. The molecule has 7 nitrogen and oxygen atoms in total. The first-order chi connectivity index (χ1) is 12.3. The highest BCUT2D eigenvalue weighted by molar-refractivity contribution is 7.89. The van der Waals surface area contributed by atoms with Crippen LogP contribution in [0.25, 0.3) is 0 Å². The van der Waals surface area contributed by atoms with Gasteiger partial charge in [0.25, 0.3) is 5.91 Å². The van der Waals surface area contributed by atoms with Crippen molar-refractivity contribution in [1.29, 1.82) is 0 Å². The van der Waals surface area contributed by atoms with Gasteiger partial charge >= 0.3 is 0 Å². The fraction of sp³-hybridized carbons (Fsp3) is 0.278. The van der Waals surface area contributed by atoms with Gasteiger partial charge in [-0.3, -0.25) is 4.79 Å². The Kier molecular flexibility index (Phi) is 6.73. The van der Waals surface area contributed by atoms with Gasteiger partial charge in [-0.1, -0.05) is 18.2 Å². The predicted octanol–water partition coefficient (Wildman–Crippen LogP) is 0.255. The molecule has 0 heterocycles. The molecule has 0 bridgehead atoms. The number of amides is 1. The van der Waals surface area contributed by atoms with Crippen molar-refractivity contribution in [2.24, 2.45) is 5.14 Å². The van der Waals surface area contributed by atoms with E-state index >= 15 is 0 Å². The van der Waals surface area contributed by atoms with Crippen molar-refractivity contribution < 1.29 is 22.8 Å². The molecule has 0 radical (unpaired) electrons. The van der Waals surface area contributed by atoms with E-state index in [2.05, 4.69) is 5.32 Å². The number of nitrogens with two attached hydrogens (primary N) is 1. The Hall–Kier alpha value is -2.42. The van der Waals surface area contributed by atoms with E-state index in [1.165, 1.54) is 24.3 Å². The van der Waals surface area contributed by atoms with Gasteiger partial charge in [0.15, 0.2) is 6.04 Å². The Morgan fingerprint density at radius 2 is 1.77 bits per heavy atom. The number of carbonyl (C=O) groups excluding carboxylic acids is 1. The van der Waals surface area contributed by atoms with Gasteiger partial charge in [0.1, 0.15) is 18.9 Å². The van der Waals surface area contributed by atoms with E-state index in [0.717, 1.165) is 10.6 Å². The van der Waals surface area contributed by atoms with Crippen molar-refractivity contribution in [1.82, 2.24) is 0 Å². The fourth-order valence-corrected chi connectivity index (χ4v) is 2.78. The van der Waals surface area contributed by atoms with Crippen molar-refractivity contribution in [2.75, 3.05) is 25.5 Å². The zero-order chi connectivity index (χ0) is 19.2. The van der Waals surface area contributed by atoms with Gasteiger partial charge in [-0.2, -0.15) is 0 Å². The van der Waals surface area contributed by atoms with Crippen molar-refractivity contribution in [3.05, 3.63) is 54.6 Å². The number of hydrogen-bond donors (Lipinski definition) is 3. The Bertz CT molecular complexity index is 823. The molecule has 0 saturated heterocycles. The molecule has 2 rings (SSSR count). The Morgan fingerprint density at radius 1 is 1.15 bits per heavy atom. The van der Waals surface area contributed by atoms with Crippen LogP contribution in [0.15, 0.2) is 59.5 Å². The third kappa shape index (κ3) is 5.83. The van der Waals surface area contributed by atoms with Crippen molar-refractivity contribution in [3.63, 3.8) is 0 Å². The number of carbonyl (C=O) groups is 1. The highest BCUT2D eigenvalue weighted by Crippen LogP contribution is 2.12. The van der Waals surface area contributed by atoms with Crippen molar-refractivity contribution in [2.45, 2.75) is 17.9 Å². The number of sulfonamides is 1. The van der Waals surface area contributed by atoms with E-state index in [4.69, 9.17) is 9.88 Å². The van der Waals surface area contributed by atoms with Crippen molar-refractivity contribution >= 4 is 21.6 Å². The van der Waals surface area contributed by atoms with Crippen molar-refractivity contribution in [3.8, 4) is 5.75 Å². The number of para-hydroxylation sites is 1. The minimum Gasteiger partial charge on any atom is -0.488 e. The van der Waals surface area contributed by atoms with Gasteiger partial charge in [0.2, 0.25) is 10.0 Å². The van der Waals surface area contributed by atoms with E-state index in [1.807, 2.05) is 44.3 Å². The third-order valence-corrected chi connectivity index (χ3v) is 5.02. The van der Waals surface area contributed by atoms with Crippen LogP contribution in [0.3, 0.4) is 0 Å². The highest BCUT2D eigenvalue weighted by atomic mass is 32.2.